The molecule has 1 aliphatic rings. The van der Waals surface area contributed by atoms with Gasteiger partial charge in [0.05, 0.1) is 0 Å². The van der Waals surface area contributed by atoms with Crippen molar-refractivity contribution >= 4 is 17.9 Å². The van der Waals surface area contributed by atoms with Gasteiger partial charge >= 0.3 is 17.9 Å². The van der Waals surface area contributed by atoms with E-state index in [1.54, 1.807) is 0 Å². The molecule has 23 heavy (non-hydrogen) atoms. The minimum atomic E-state index is -1.17. The molecule has 0 aromatic rings. The maximum Gasteiger partial charge on any atom is 0.303 e. The highest BCUT2D eigenvalue weighted by molar-refractivity contribution is 5.68. The van der Waals surface area contributed by atoms with E-state index in [9.17, 15) is 14.4 Å². The second kappa shape index (κ2) is 8.32. The van der Waals surface area contributed by atoms with E-state index in [-0.39, 0.29) is 6.61 Å². The number of esters is 3. The van der Waals surface area contributed by atoms with E-state index in [4.69, 9.17) is 30.2 Å². The summed E-state index contributed by atoms with van der Waals surface area (Å²) in [5.74, 6) is -1.95. The van der Waals surface area contributed by atoms with Crippen LogP contribution >= 0.6 is 0 Å². The van der Waals surface area contributed by atoms with E-state index < -0.39 is 48.5 Å². The van der Waals surface area contributed by atoms with E-state index >= 15 is 0 Å². The second-order valence-corrected chi connectivity index (χ2v) is 4.79. The molecule has 11 nitrogen and oxygen atoms in total. The van der Waals surface area contributed by atoms with Crippen molar-refractivity contribution in [3.8, 4) is 0 Å². The van der Waals surface area contributed by atoms with Gasteiger partial charge in [-0.1, -0.05) is 5.11 Å². The molecule has 0 unspecified atom stereocenters. The van der Waals surface area contributed by atoms with E-state index in [1.807, 2.05) is 0 Å². The van der Waals surface area contributed by atoms with Gasteiger partial charge in [-0.25, -0.2) is 0 Å². The summed E-state index contributed by atoms with van der Waals surface area (Å²) >= 11 is 0. The molecule has 0 spiro atoms. The molecular weight excluding hydrogens is 312 g/mol. The van der Waals surface area contributed by atoms with Crippen LogP contribution < -0.4 is 5.73 Å². The third kappa shape index (κ3) is 5.40. The van der Waals surface area contributed by atoms with Gasteiger partial charge in [0.25, 0.3) is 0 Å². The molecule has 0 amide bonds. The lowest BCUT2D eigenvalue weighted by atomic mass is 9.96. The molecular formula is C12H18N4O7. The van der Waals surface area contributed by atoms with Crippen LogP contribution in [-0.2, 0) is 33.3 Å². The minimum Gasteiger partial charge on any atom is -0.463 e. The normalized spacial score (nSPS) is 29.8. The van der Waals surface area contributed by atoms with Crippen molar-refractivity contribution in [2.24, 2.45) is 10.8 Å². The highest BCUT2D eigenvalue weighted by Crippen LogP contribution is 2.27. The maximum atomic E-state index is 11.3. The van der Waals surface area contributed by atoms with Gasteiger partial charge < -0.3 is 24.7 Å². The Morgan fingerprint density at radius 3 is 2.17 bits per heavy atom. The standard InChI is InChI=1S/C12H18N4O7/c1-5(17)20-4-8-10(21-6(2)18)11(22-7(3)19)9(15-16-14)12(13)23-8/h8-12H,4,13H2,1-3H3/t8-,9-,10+,11-,12-/m1/s1. The summed E-state index contributed by atoms with van der Waals surface area (Å²) in [6.45, 7) is 3.20. The van der Waals surface area contributed by atoms with Gasteiger partial charge in [0.2, 0.25) is 0 Å². The van der Waals surface area contributed by atoms with Gasteiger partial charge in [0.15, 0.2) is 12.2 Å². The van der Waals surface area contributed by atoms with E-state index in [1.165, 1.54) is 6.92 Å². The van der Waals surface area contributed by atoms with Crippen molar-refractivity contribution in [3.63, 3.8) is 0 Å². The Morgan fingerprint density at radius 1 is 1.13 bits per heavy atom. The van der Waals surface area contributed by atoms with Crippen LogP contribution in [0.1, 0.15) is 20.8 Å². The van der Waals surface area contributed by atoms with E-state index in [0.29, 0.717) is 0 Å². The third-order valence-corrected chi connectivity index (χ3v) is 2.94. The number of carbonyl (C=O) groups is 3. The fourth-order valence-corrected chi connectivity index (χ4v) is 2.14. The fraction of sp³-hybridized carbons (Fsp3) is 0.750. The van der Waals surface area contributed by atoms with Crippen molar-refractivity contribution in [2.45, 2.75) is 51.4 Å². The molecule has 0 aromatic carbocycles. The first-order chi connectivity index (χ1) is 10.8. The molecule has 128 valence electrons. The number of nitrogens with zero attached hydrogens (tertiary/aromatic N) is 3. The molecule has 1 aliphatic heterocycles. The van der Waals surface area contributed by atoms with Crippen molar-refractivity contribution in [2.75, 3.05) is 6.61 Å². The van der Waals surface area contributed by atoms with Crippen LogP contribution in [0.4, 0.5) is 0 Å². The van der Waals surface area contributed by atoms with Gasteiger partial charge in [0.1, 0.15) is 25.0 Å². The van der Waals surface area contributed by atoms with E-state index in [2.05, 4.69) is 10.0 Å². The zero-order chi connectivity index (χ0) is 17.6. The Balaban J connectivity index is 3.11. The van der Waals surface area contributed by atoms with Crippen LogP contribution in [0, 0.1) is 0 Å². The summed E-state index contributed by atoms with van der Waals surface area (Å²) in [5.41, 5.74) is 14.4. The third-order valence-electron chi connectivity index (χ3n) is 2.94. The fourth-order valence-electron chi connectivity index (χ4n) is 2.14. The smallest absolute Gasteiger partial charge is 0.303 e. The first-order valence-corrected chi connectivity index (χ1v) is 6.69. The summed E-state index contributed by atoms with van der Waals surface area (Å²) in [6, 6.07) is -1.11. The molecule has 0 aromatic heterocycles. The zero-order valence-corrected chi connectivity index (χ0v) is 12.9. The first-order valence-electron chi connectivity index (χ1n) is 6.69. The number of ether oxygens (including phenoxy) is 4. The molecule has 1 saturated heterocycles. The van der Waals surface area contributed by atoms with Gasteiger partial charge in [-0.2, -0.15) is 0 Å². The lowest BCUT2D eigenvalue weighted by Crippen LogP contribution is -2.62. The van der Waals surface area contributed by atoms with Crippen molar-refractivity contribution in [1.29, 1.82) is 0 Å². The predicted octanol–water partition coefficient (Wildman–Crippen LogP) is -0.225. The van der Waals surface area contributed by atoms with Crippen LogP contribution in [0.3, 0.4) is 0 Å². The maximum absolute atomic E-state index is 11.3. The monoisotopic (exact) mass is 330 g/mol. The summed E-state index contributed by atoms with van der Waals surface area (Å²) in [6.07, 6.45) is -4.43. The molecule has 1 heterocycles. The molecule has 0 saturated carbocycles. The lowest BCUT2D eigenvalue weighted by molar-refractivity contribution is -0.219. The van der Waals surface area contributed by atoms with E-state index in [0.717, 1.165) is 13.8 Å². The minimum absolute atomic E-state index is 0.276. The quantitative estimate of drug-likeness (QED) is 0.237. The molecule has 0 aliphatic carbocycles. The summed E-state index contributed by atoms with van der Waals surface area (Å²) in [5, 5.41) is 3.44. The SMILES string of the molecule is CC(=O)OC[C@H]1O[C@@H](N)[C@H](N=[N+]=[N-])[C@@H](OC(C)=O)[C@H]1OC(C)=O. The average Bonchev–Trinajstić information content (AvgIpc) is 2.42. The molecule has 5 atom stereocenters. The van der Waals surface area contributed by atoms with Crippen LogP contribution in [0.5, 0.6) is 0 Å². The topological polar surface area (TPSA) is 163 Å². The number of rotatable bonds is 5. The zero-order valence-electron chi connectivity index (χ0n) is 12.9. The van der Waals surface area contributed by atoms with Crippen LogP contribution in [0.2, 0.25) is 0 Å². The van der Waals surface area contributed by atoms with Crippen LogP contribution in [0.25, 0.3) is 10.4 Å². The van der Waals surface area contributed by atoms with Gasteiger partial charge in [-0.15, -0.1) is 0 Å². The first kappa shape index (κ1) is 18.7. The number of nitrogens with two attached hydrogens (primary N) is 1. The summed E-state index contributed by atoms with van der Waals surface area (Å²) in [7, 11) is 0. The summed E-state index contributed by atoms with van der Waals surface area (Å²) in [4.78, 5) is 36.2. The largest absolute Gasteiger partial charge is 0.463 e. The Hall–Kier alpha value is -2.36. The van der Waals surface area contributed by atoms with Crippen molar-refractivity contribution in [1.82, 2.24) is 0 Å². The Bertz CT molecular complexity index is 520. The average molecular weight is 330 g/mol. The van der Waals surface area contributed by atoms with Gasteiger partial charge in [-0.3, -0.25) is 14.4 Å². The van der Waals surface area contributed by atoms with Gasteiger partial charge in [0, 0.05) is 25.7 Å². The predicted molar refractivity (Wildman–Crippen MR) is 73.5 cm³/mol. The molecule has 0 bridgehead atoms. The summed E-state index contributed by atoms with van der Waals surface area (Å²) < 4.78 is 20.4. The number of hydrogen-bond donors (Lipinski definition) is 1. The van der Waals surface area contributed by atoms with Gasteiger partial charge in [-0.05, 0) is 5.53 Å². The number of hydrogen-bond acceptors (Lipinski definition) is 9. The Labute approximate surface area is 131 Å². The highest BCUT2D eigenvalue weighted by atomic mass is 16.6. The molecule has 0 radical (unpaired) electrons. The Morgan fingerprint density at radius 2 is 1.70 bits per heavy atom. The highest BCUT2D eigenvalue weighted by Gasteiger charge is 2.48. The number of carbonyl (C=O) groups excluding carboxylic acids is 3. The molecule has 1 fully saturated rings. The van der Waals surface area contributed by atoms with Crippen LogP contribution in [0.15, 0.2) is 5.11 Å². The number of azide groups is 1. The van der Waals surface area contributed by atoms with Crippen LogP contribution in [-0.4, -0.2) is 55.1 Å². The molecule has 1 rings (SSSR count). The van der Waals surface area contributed by atoms with Crippen molar-refractivity contribution in [3.05, 3.63) is 10.4 Å². The molecule has 11 heteroatoms. The molecule has 2 N–H and O–H groups in total. The lowest BCUT2D eigenvalue weighted by Gasteiger charge is -2.42. The Kier molecular flexibility index (Phi) is 6.76. The second-order valence-electron chi connectivity index (χ2n) is 4.79. The van der Waals surface area contributed by atoms with Crippen molar-refractivity contribution < 1.29 is 33.3 Å².